The number of para-hydroxylation sites is 1. The molecule has 2 N–H and O–H groups in total. The third-order valence-electron chi connectivity index (χ3n) is 4.97. The Hall–Kier alpha value is -2.70. The van der Waals surface area contributed by atoms with E-state index >= 15 is 0 Å². The van der Waals surface area contributed by atoms with Gasteiger partial charge in [0, 0.05) is 5.56 Å². The number of amides is 1. The summed E-state index contributed by atoms with van der Waals surface area (Å²) in [6, 6.07) is 10.8. The van der Waals surface area contributed by atoms with Crippen molar-refractivity contribution in [1.82, 2.24) is 5.32 Å². The Kier molecular flexibility index (Phi) is 4.80. The van der Waals surface area contributed by atoms with Gasteiger partial charge in [-0.15, -0.1) is 13.2 Å². The molecule has 144 valence electrons. The van der Waals surface area contributed by atoms with Crippen molar-refractivity contribution in [2.75, 3.05) is 0 Å². The first kappa shape index (κ1) is 19.1. The zero-order valence-corrected chi connectivity index (χ0v) is 14.9. The Bertz CT molecular complexity index is 862. The van der Waals surface area contributed by atoms with Gasteiger partial charge < -0.3 is 15.2 Å². The fraction of sp³-hybridized carbons (Fsp3) is 0.350. The summed E-state index contributed by atoms with van der Waals surface area (Å²) in [5.74, 6) is -0.289. The molecule has 1 amide bonds. The Morgan fingerprint density at radius 2 is 1.93 bits per heavy atom. The van der Waals surface area contributed by atoms with Gasteiger partial charge in [0.15, 0.2) is 0 Å². The lowest BCUT2D eigenvalue weighted by Crippen LogP contribution is -2.40. The van der Waals surface area contributed by atoms with Crippen molar-refractivity contribution >= 4 is 6.09 Å². The maximum absolute atomic E-state index is 12.7. The number of ether oxygens (including phenoxy) is 1. The van der Waals surface area contributed by atoms with Crippen LogP contribution in [0.3, 0.4) is 0 Å². The minimum absolute atomic E-state index is 0.289. The van der Waals surface area contributed by atoms with Gasteiger partial charge >= 0.3 is 12.5 Å². The average Bonchev–Trinajstić information content (AvgIpc) is 2.56. The lowest BCUT2D eigenvalue weighted by molar-refractivity contribution is -0.274. The van der Waals surface area contributed by atoms with Crippen LogP contribution in [0.25, 0.3) is 11.1 Å². The number of benzene rings is 2. The molecule has 4 nitrogen and oxygen atoms in total. The van der Waals surface area contributed by atoms with Crippen molar-refractivity contribution < 1.29 is 27.8 Å². The molecule has 0 spiro atoms. The van der Waals surface area contributed by atoms with Crippen molar-refractivity contribution in [2.45, 2.75) is 39.1 Å². The van der Waals surface area contributed by atoms with Crippen molar-refractivity contribution in [1.29, 1.82) is 0 Å². The van der Waals surface area contributed by atoms with Crippen molar-refractivity contribution in [2.24, 2.45) is 5.41 Å². The van der Waals surface area contributed by atoms with Crippen molar-refractivity contribution in [3.63, 3.8) is 0 Å². The van der Waals surface area contributed by atoms with Gasteiger partial charge in [0.05, 0.1) is 6.04 Å². The van der Waals surface area contributed by atoms with E-state index in [0.717, 1.165) is 24.0 Å². The standard InChI is InChI=1S/C20H20F3NO3/c1-19(2)10-9-12-7-8-13(11-15(12)17(19)24-18(25)26)14-5-3-4-6-16(14)27-20(21,22)23/h3-8,11,17,24H,9-10H2,1-2H3,(H,25,26). The van der Waals surface area contributed by atoms with Crippen LogP contribution in [0.1, 0.15) is 37.4 Å². The van der Waals surface area contributed by atoms with Crippen LogP contribution in [0.15, 0.2) is 42.5 Å². The first-order valence-corrected chi connectivity index (χ1v) is 8.54. The van der Waals surface area contributed by atoms with Gasteiger partial charge in [-0.3, -0.25) is 0 Å². The zero-order chi connectivity index (χ0) is 19.8. The Morgan fingerprint density at radius 1 is 1.22 bits per heavy atom. The number of fused-ring (bicyclic) bond motifs is 1. The molecule has 2 aromatic rings. The van der Waals surface area contributed by atoms with E-state index in [0.29, 0.717) is 11.1 Å². The monoisotopic (exact) mass is 379 g/mol. The van der Waals surface area contributed by atoms with E-state index < -0.39 is 18.5 Å². The number of carboxylic acid groups (broad SMARTS) is 1. The molecule has 3 rings (SSSR count). The Morgan fingerprint density at radius 3 is 2.59 bits per heavy atom. The highest BCUT2D eigenvalue weighted by Crippen LogP contribution is 2.45. The second-order valence-corrected chi connectivity index (χ2v) is 7.33. The predicted molar refractivity (Wildman–Crippen MR) is 94.6 cm³/mol. The van der Waals surface area contributed by atoms with E-state index in [1.807, 2.05) is 19.9 Å². The summed E-state index contributed by atoms with van der Waals surface area (Å²) in [5, 5.41) is 11.8. The molecule has 1 atom stereocenters. The summed E-state index contributed by atoms with van der Waals surface area (Å²) in [7, 11) is 0. The number of aryl methyl sites for hydroxylation is 1. The van der Waals surface area contributed by atoms with Crippen LogP contribution in [0.5, 0.6) is 5.75 Å². The van der Waals surface area contributed by atoms with E-state index in [-0.39, 0.29) is 11.2 Å². The fourth-order valence-electron chi connectivity index (χ4n) is 3.60. The summed E-state index contributed by atoms with van der Waals surface area (Å²) in [6.45, 7) is 3.95. The molecule has 7 heteroatoms. The molecular formula is C20H20F3NO3. The third kappa shape index (κ3) is 4.18. The first-order chi connectivity index (χ1) is 12.6. The molecular weight excluding hydrogens is 359 g/mol. The second-order valence-electron chi connectivity index (χ2n) is 7.33. The van der Waals surface area contributed by atoms with E-state index in [9.17, 15) is 23.1 Å². The van der Waals surface area contributed by atoms with Gasteiger partial charge in [0.1, 0.15) is 5.75 Å². The number of nitrogens with one attached hydrogen (secondary N) is 1. The van der Waals surface area contributed by atoms with Crippen LogP contribution in [0.2, 0.25) is 0 Å². The number of carbonyl (C=O) groups is 1. The molecule has 0 heterocycles. The molecule has 1 aliphatic rings. The van der Waals surface area contributed by atoms with Crippen LogP contribution in [-0.2, 0) is 6.42 Å². The average molecular weight is 379 g/mol. The minimum Gasteiger partial charge on any atom is -0.465 e. The van der Waals surface area contributed by atoms with Crippen LogP contribution in [0.4, 0.5) is 18.0 Å². The summed E-state index contributed by atoms with van der Waals surface area (Å²) in [5.41, 5.74) is 2.31. The molecule has 0 saturated carbocycles. The maximum Gasteiger partial charge on any atom is 0.573 e. The summed E-state index contributed by atoms with van der Waals surface area (Å²) in [4.78, 5) is 11.3. The van der Waals surface area contributed by atoms with E-state index in [1.54, 1.807) is 24.3 Å². The van der Waals surface area contributed by atoms with Crippen LogP contribution < -0.4 is 10.1 Å². The van der Waals surface area contributed by atoms with Crippen LogP contribution >= 0.6 is 0 Å². The molecule has 0 aliphatic heterocycles. The Labute approximate surface area is 155 Å². The molecule has 1 unspecified atom stereocenters. The quantitative estimate of drug-likeness (QED) is 0.737. The van der Waals surface area contributed by atoms with Gasteiger partial charge in [0.25, 0.3) is 0 Å². The van der Waals surface area contributed by atoms with Crippen LogP contribution in [0, 0.1) is 5.41 Å². The zero-order valence-electron chi connectivity index (χ0n) is 14.9. The molecule has 0 bridgehead atoms. The van der Waals surface area contributed by atoms with Gasteiger partial charge in [0.2, 0.25) is 0 Å². The molecule has 27 heavy (non-hydrogen) atoms. The highest BCUT2D eigenvalue weighted by molar-refractivity contribution is 5.72. The number of alkyl halides is 3. The Balaban J connectivity index is 2.08. The lowest BCUT2D eigenvalue weighted by Gasteiger charge is -2.40. The summed E-state index contributed by atoms with van der Waals surface area (Å²) >= 11 is 0. The van der Waals surface area contributed by atoms with Gasteiger partial charge in [-0.2, -0.15) is 0 Å². The molecule has 0 aromatic heterocycles. The minimum atomic E-state index is -4.79. The highest BCUT2D eigenvalue weighted by Gasteiger charge is 2.37. The number of rotatable bonds is 3. The number of hydrogen-bond acceptors (Lipinski definition) is 2. The predicted octanol–water partition coefficient (Wildman–Crippen LogP) is 5.53. The SMILES string of the molecule is CC1(C)CCc2ccc(-c3ccccc3OC(F)(F)F)cc2C1NC(=O)O. The highest BCUT2D eigenvalue weighted by atomic mass is 19.4. The normalized spacial score (nSPS) is 18.5. The molecule has 2 aromatic carbocycles. The fourth-order valence-corrected chi connectivity index (χ4v) is 3.60. The first-order valence-electron chi connectivity index (χ1n) is 8.54. The summed E-state index contributed by atoms with van der Waals surface area (Å²) in [6.07, 6.45) is -4.34. The second kappa shape index (κ2) is 6.79. The van der Waals surface area contributed by atoms with E-state index in [1.165, 1.54) is 12.1 Å². The lowest BCUT2D eigenvalue weighted by atomic mass is 9.70. The van der Waals surface area contributed by atoms with E-state index in [2.05, 4.69) is 10.1 Å². The molecule has 0 radical (unpaired) electrons. The molecule has 1 aliphatic carbocycles. The largest absolute Gasteiger partial charge is 0.573 e. The van der Waals surface area contributed by atoms with Gasteiger partial charge in [-0.05, 0) is 47.1 Å². The number of hydrogen-bond donors (Lipinski definition) is 2. The van der Waals surface area contributed by atoms with E-state index in [4.69, 9.17) is 0 Å². The van der Waals surface area contributed by atoms with Crippen molar-refractivity contribution in [3.8, 4) is 16.9 Å². The van der Waals surface area contributed by atoms with Gasteiger partial charge in [-0.25, -0.2) is 4.79 Å². The number of halogens is 3. The van der Waals surface area contributed by atoms with Crippen molar-refractivity contribution in [3.05, 3.63) is 53.6 Å². The van der Waals surface area contributed by atoms with Gasteiger partial charge in [-0.1, -0.05) is 44.2 Å². The smallest absolute Gasteiger partial charge is 0.465 e. The maximum atomic E-state index is 12.7. The summed E-state index contributed by atoms with van der Waals surface area (Å²) < 4.78 is 42.3. The molecule has 0 saturated heterocycles. The van der Waals surface area contributed by atoms with Crippen LogP contribution in [-0.4, -0.2) is 17.6 Å². The molecule has 0 fully saturated rings. The topological polar surface area (TPSA) is 58.6 Å². The third-order valence-corrected chi connectivity index (χ3v) is 4.97.